The molecular formula is C15H18N2O3. The summed E-state index contributed by atoms with van der Waals surface area (Å²) in [7, 11) is 0. The molecule has 0 radical (unpaired) electrons. The average molecular weight is 274 g/mol. The maximum atomic E-state index is 10.6. The Balaban J connectivity index is 2.16. The molecule has 0 saturated carbocycles. The van der Waals surface area contributed by atoms with Crippen LogP contribution >= 0.6 is 0 Å². The van der Waals surface area contributed by atoms with E-state index >= 15 is 0 Å². The van der Waals surface area contributed by atoms with Crippen LogP contribution in [0.25, 0.3) is 0 Å². The fraction of sp³-hybridized carbons (Fsp3) is 0.333. The second kappa shape index (κ2) is 6.34. The molecule has 0 aliphatic heterocycles. The van der Waals surface area contributed by atoms with Crippen molar-refractivity contribution in [3.63, 3.8) is 0 Å². The third kappa shape index (κ3) is 3.24. The summed E-state index contributed by atoms with van der Waals surface area (Å²) < 4.78 is 5.54. The zero-order valence-corrected chi connectivity index (χ0v) is 11.6. The van der Waals surface area contributed by atoms with Crippen LogP contribution in [0.15, 0.2) is 41.0 Å². The van der Waals surface area contributed by atoms with Crippen LogP contribution in [0, 0.1) is 17.0 Å². The van der Waals surface area contributed by atoms with Crippen molar-refractivity contribution in [2.24, 2.45) is 0 Å². The highest BCUT2D eigenvalue weighted by Gasteiger charge is 2.17. The Morgan fingerprint density at radius 2 is 2.00 bits per heavy atom. The molecule has 106 valence electrons. The molecule has 2 aromatic rings. The van der Waals surface area contributed by atoms with Crippen molar-refractivity contribution in [2.45, 2.75) is 26.3 Å². The average Bonchev–Trinajstić information content (AvgIpc) is 2.85. The van der Waals surface area contributed by atoms with E-state index in [1.807, 2.05) is 19.9 Å². The lowest BCUT2D eigenvalue weighted by atomic mass is 10.0. The number of furan rings is 1. The van der Waals surface area contributed by atoms with Gasteiger partial charge in [-0.1, -0.05) is 19.1 Å². The van der Waals surface area contributed by atoms with Gasteiger partial charge < -0.3 is 9.73 Å². The van der Waals surface area contributed by atoms with Gasteiger partial charge in [0.05, 0.1) is 17.2 Å². The van der Waals surface area contributed by atoms with E-state index in [1.54, 1.807) is 18.4 Å². The lowest BCUT2D eigenvalue weighted by Gasteiger charge is -2.16. The summed E-state index contributed by atoms with van der Waals surface area (Å²) in [5.74, 6) is 0.921. The second-order valence-corrected chi connectivity index (χ2v) is 4.71. The van der Waals surface area contributed by atoms with Crippen molar-refractivity contribution in [2.75, 3.05) is 6.54 Å². The summed E-state index contributed by atoms with van der Waals surface area (Å²) in [6.45, 7) is 4.89. The Bertz CT molecular complexity index is 575. The summed E-state index contributed by atoms with van der Waals surface area (Å²) in [6, 6.07) is 8.67. The molecule has 1 aromatic heterocycles. The van der Waals surface area contributed by atoms with E-state index < -0.39 is 0 Å². The minimum absolute atomic E-state index is 0.0801. The highest BCUT2D eigenvalue weighted by Crippen LogP contribution is 2.23. The van der Waals surface area contributed by atoms with Crippen LogP contribution in [0.5, 0.6) is 0 Å². The molecule has 0 amide bonds. The number of nitrogens with zero attached hydrogens (tertiary/aromatic N) is 1. The molecule has 1 unspecified atom stereocenters. The van der Waals surface area contributed by atoms with E-state index in [0.717, 1.165) is 29.9 Å². The molecule has 0 aliphatic rings. The SMILES string of the molecule is CCNC(Cc1ccc([N+](=O)[O-])cc1)c1occc1C. The monoisotopic (exact) mass is 274 g/mol. The van der Waals surface area contributed by atoms with Gasteiger partial charge in [0.25, 0.3) is 5.69 Å². The Morgan fingerprint density at radius 1 is 1.30 bits per heavy atom. The smallest absolute Gasteiger partial charge is 0.269 e. The van der Waals surface area contributed by atoms with E-state index in [0.29, 0.717) is 0 Å². The van der Waals surface area contributed by atoms with Crippen LogP contribution in [-0.2, 0) is 6.42 Å². The quantitative estimate of drug-likeness (QED) is 0.647. The van der Waals surface area contributed by atoms with Crippen LogP contribution in [0.2, 0.25) is 0 Å². The Hall–Kier alpha value is -2.14. The third-order valence-electron chi connectivity index (χ3n) is 3.26. The fourth-order valence-electron chi connectivity index (χ4n) is 2.23. The Kier molecular flexibility index (Phi) is 4.53. The van der Waals surface area contributed by atoms with Gasteiger partial charge in [0.1, 0.15) is 5.76 Å². The molecule has 2 rings (SSSR count). The zero-order chi connectivity index (χ0) is 14.5. The van der Waals surface area contributed by atoms with Gasteiger partial charge in [-0.05, 0) is 37.1 Å². The molecule has 0 fully saturated rings. The molecule has 20 heavy (non-hydrogen) atoms. The van der Waals surface area contributed by atoms with Crippen LogP contribution in [0.4, 0.5) is 5.69 Å². The first kappa shape index (κ1) is 14.3. The molecule has 0 bridgehead atoms. The first-order chi connectivity index (χ1) is 9.61. The number of likely N-dealkylation sites (N-methyl/N-ethyl adjacent to an activating group) is 1. The van der Waals surface area contributed by atoms with E-state index in [-0.39, 0.29) is 16.7 Å². The molecule has 1 atom stereocenters. The largest absolute Gasteiger partial charge is 0.467 e. The van der Waals surface area contributed by atoms with Crippen LogP contribution in [0.1, 0.15) is 29.9 Å². The lowest BCUT2D eigenvalue weighted by Crippen LogP contribution is -2.23. The summed E-state index contributed by atoms with van der Waals surface area (Å²) >= 11 is 0. The van der Waals surface area contributed by atoms with Crippen LogP contribution < -0.4 is 5.32 Å². The molecule has 5 heteroatoms. The molecule has 5 nitrogen and oxygen atoms in total. The number of nitro groups is 1. The second-order valence-electron chi connectivity index (χ2n) is 4.71. The van der Waals surface area contributed by atoms with E-state index in [2.05, 4.69) is 5.32 Å². The van der Waals surface area contributed by atoms with Crippen molar-refractivity contribution in [3.05, 3.63) is 63.6 Å². The highest BCUT2D eigenvalue weighted by molar-refractivity contribution is 5.34. The third-order valence-corrected chi connectivity index (χ3v) is 3.26. The van der Waals surface area contributed by atoms with E-state index in [1.165, 1.54) is 12.1 Å². The predicted molar refractivity (Wildman–Crippen MR) is 76.7 cm³/mol. The standard InChI is InChI=1S/C15H18N2O3/c1-3-16-14(15-11(2)8-9-20-15)10-12-4-6-13(7-5-12)17(18)19/h4-9,14,16H,3,10H2,1-2H3. The number of rotatable bonds is 6. The zero-order valence-electron chi connectivity index (χ0n) is 11.6. The first-order valence-electron chi connectivity index (χ1n) is 6.62. The van der Waals surface area contributed by atoms with Crippen molar-refractivity contribution in [1.29, 1.82) is 0 Å². The van der Waals surface area contributed by atoms with Gasteiger partial charge in [0, 0.05) is 12.1 Å². The molecule has 1 heterocycles. The highest BCUT2D eigenvalue weighted by atomic mass is 16.6. The minimum atomic E-state index is -0.387. The lowest BCUT2D eigenvalue weighted by molar-refractivity contribution is -0.384. The summed E-state index contributed by atoms with van der Waals surface area (Å²) in [6.07, 6.45) is 2.42. The van der Waals surface area contributed by atoms with Gasteiger partial charge >= 0.3 is 0 Å². The van der Waals surface area contributed by atoms with Crippen molar-refractivity contribution in [1.82, 2.24) is 5.32 Å². The number of aryl methyl sites for hydroxylation is 1. The number of nitro benzene ring substituents is 1. The first-order valence-corrected chi connectivity index (χ1v) is 6.62. The van der Waals surface area contributed by atoms with Crippen molar-refractivity contribution < 1.29 is 9.34 Å². The number of hydrogen-bond acceptors (Lipinski definition) is 4. The van der Waals surface area contributed by atoms with Crippen molar-refractivity contribution >= 4 is 5.69 Å². The fourth-order valence-corrected chi connectivity index (χ4v) is 2.23. The van der Waals surface area contributed by atoms with Gasteiger partial charge in [0.15, 0.2) is 0 Å². The molecule has 1 aromatic carbocycles. The van der Waals surface area contributed by atoms with E-state index in [9.17, 15) is 10.1 Å². The molecule has 1 N–H and O–H groups in total. The number of non-ortho nitro benzene ring substituents is 1. The minimum Gasteiger partial charge on any atom is -0.467 e. The maximum Gasteiger partial charge on any atom is 0.269 e. The topological polar surface area (TPSA) is 68.3 Å². The van der Waals surface area contributed by atoms with Gasteiger partial charge in [-0.15, -0.1) is 0 Å². The number of nitrogens with one attached hydrogen (secondary N) is 1. The molecule has 0 spiro atoms. The van der Waals surface area contributed by atoms with Gasteiger partial charge in [-0.2, -0.15) is 0 Å². The predicted octanol–water partition coefficient (Wildman–Crippen LogP) is 3.39. The molecular weight excluding hydrogens is 256 g/mol. The Morgan fingerprint density at radius 3 is 2.50 bits per heavy atom. The van der Waals surface area contributed by atoms with Crippen molar-refractivity contribution in [3.8, 4) is 0 Å². The summed E-state index contributed by atoms with van der Waals surface area (Å²) in [4.78, 5) is 10.3. The normalized spacial score (nSPS) is 12.3. The maximum absolute atomic E-state index is 10.6. The number of hydrogen-bond donors (Lipinski definition) is 1. The van der Waals surface area contributed by atoms with Gasteiger partial charge in [-0.3, -0.25) is 10.1 Å². The van der Waals surface area contributed by atoms with E-state index in [4.69, 9.17) is 4.42 Å². The van der Waals surface area contributed by atoms with Gasteiger partial charge in [-0.25, -0.2) is 0 Å². The number of benzene rings is 1. The summed E-state index contributed by atoms with van der Waals surface area (Å²) in [5.41, 5.74) is 2.26. The van der Waals surface area contributed by atoms with Crippen LogP contribution in [-0.4, -0.2) is 11.5 Å². The molecule has 0 aliphatic carbocycles. The van der Waals surface area contributed by atoms with Gasteiger partial charge in [0.2, 0.25) is 0 Å². The summed E-state index contributed by atoms with van der Waals surface area (Å²) in [5, 5.41) is 14.0. The Labute approximate surface area is 117 Å². The molecule has 0 saturated heterocycles. The van der Waals surface area contributed by atoms with Crippen LogP contribution in [0.3, 0.4) is 0 Å².